The van der Waals surface area contributed by atoms with Crippen molar-refractivity contribution in [2.24, 2.45) is 0 Å². The number of carboxylic acid groups (broad SMARTS) is 1. The molecule has 172 valence electrons. The number of anilines is 1. The van der Waals surface area contributed by atoms with E-state index in [4.69, 9.17) is 21.1 Å². The van der Waals surface area contributed by atoms with E-state index in [1.165, 1.54) is 23.5 Å². The number of nitrogens with one attached hydrogen (secondary N) is 1. The lowest BCUT2D eigenvalue weighted by Gasteiger charge is -2.12. The van der Waals surface area contributed by atoms with Gasteiger partial charge in [-0.1, -0.05) is 35.1 Å². The summed E-state index contributed by atoms with van der Waals surface area (Å²) in [6.07, 6.45) is 1.61. The maximum Gasteiger partial charge on any atom is 0.335 e. The third kappa shape index (κ3) is 5.54. The fraction of sp³-hybridized carbons (Fsp3) is 0.0800. The van der Waals surface area contributed by atoms with E-state index < -0.39 is 5.97 Å². The van der Waals surface area contributed by atoms with Gasteiger partial charge in [0.15, 0.2) is 5.13 Å². The van der Waals surface area contributed by atoms with Crippen molar-refractivity contribution in [3.05, 3.63) is 94.6 Å². The summed E-state index contributed by atoms with van der Waals surface area (Å²) >= 11 is 7.30. The molecule has 0 bridgehead atoms. The van der Waals surface area contributed by atoms with Crippen LogP contribution in [0.4, 0.5) is 5.13 Å². The monoisotopic (exact) mass is 494 g/mol. The second-order valence-electron chi connectivity index (χ2n) is 7.15. The number of carbonyl (C=O) groups excluding carboxylic acids is 1. The van der Waals surface area contributed by atoms with Crippen molar-refractivity contribution < 1.29 is 24.2 Å². The largest absolute Gasteiger partial charge is 0.497 e. The molecule has 4 aromatic rings. The molecule has 0 saturated carbocycles. The molecular weight excluding hydrogens is 476 g/mol. The number of methoxy groups -OCH3 is 1. The summed E-state index contributed by atoms with van der Waals surface area (Å²) in [6, 6.07) is 18.6. The summed E-state index contributed by atoms with van der Waals surface area (Å²) in [5.41, 5.74) is 2.07. The van der Waals surface area contributed by atoms with E-state index in [0.717, 1.165) is 5.56 Å². The third-order valence-electron chi connectivity index (χ3n) is 4.86. The Hall–Kier alpha value is -3.88. The van der Waals surface area contributed by atoms with Crippen molar-refractivity contribution in [2.45, 2.75) is 6.61 Å². The average Bonchev–Trinajstić information content (AvgIpc) is 3.30. The van der Waals surface area contributed by atoms with Crippen LogP contribution in [-0.4, -0.2) is 29.1 Å². The number of rotatable bonds is 8. The molecular formula is C25H19ClN2O5S. The first-order chi connectivity index (χ1) is 16.4. The number of ether oxygens (including phenoxy) is 2. The number of nitrogens with zero attached hydrogens (tertiary/aromatic N) is 1. The Morgan fingerprint density at radius 1 is 1.06 bits per heavy atom. The maximum atomic E-state index is 12.5. The standard InChI is InChI=1S/C25H19ClN2O5S/c1-32-19-8-5-16(6-9-19)23(29)28-25-27-13-22(34-25)20-10-7-17(24(30)31)12-21(20)33-14-15-3-2-4-18(26)11-15/h2-13H,14H2,1H3,(H,30,31)(H,27,28,29). The first-order valence-electron chi connectivity index (χ1n) is 10.1. The highest BCUT2D eigenvalue weighted by Crippen LogP contribution is 2.37. The molecule has 34 heavy (non-hydrogen) atoms. The minimum Gasteiger partial charge on any atom is -0.497 e. The number of benzene rings is 3. The zero-order chi connectivity index (χ0) is 24.1. The zero-order valence-corrected chi connectivity index (χ0v) is 19.5. The summed E-state index contributed by atoms with van der Waals surface area (Å²) < 4.78 is 11.1. The van der Waals surface area contributed by atoms with Crippen molar-refractivity contribution in [1.82, 2.24) is 4.98 Å². The first-order valence-corrected chi connectivity index (χ1v) is 11.3. The predicted octanol–water partition coefficient (Wildman–Crippen LogP) is 6.00. The van der Waals surface area contributed by atoms with Crippen molar-refractivity contribution >= 4 is 39.9 Å². The molecule has 9 heteroatoms. The van der Waals surface area contributed by atoms with Gasteiger partial charge in [0.25, 0.3) is 5.91 Å². The molecule has 4 rings (SSSR count). The molecule has 0 aliphatic rings. The van der Waals surface area contributed by atoms with Gasteiger partial charge in [-0.15, -0.1) is 0 Å². The number of halogens is 1. The molecule has 0 unspecified atom stereocenters. The molecule has 0 radical (unpaired) electrons. The molecule has 0 fully saturated rings. The van der Waals surface area contributed by atoms with Crippen LogP contribution in [0.25, 0.3) is 10.4 Å². The molecule has 0 saturated heterocycles. The Morgan fingerprint density at radius 2 is 1.82 bits per heavy atom. The van der Waals surface area contributed by atoms with E-state index in [9.17, 15) is 14.7 Å². The zero-order valence-electron chi connectivity index (χ0n) is 17.9. The molecule has 1 amide bonds. The molecule has 0 aliphatic carbocycles. The summed E-state index contributed by atoms with van der Waals surface area (Å²) in [6.45, 7) is 0.205. The quantitative estimate of drug-likeness (QED) is 0.311. The lowest BCUT2D eigenvalue weighted by molar-refractivity contribution is 0.0696. The molecule has 0 aliphatic heterocycles. The summed E-state index contributed by atoms with van der Waals surface area (Å²) in [5.74, 6) is -0.321. The third-order valence-corrected chi connectivity index (χ3v) is 6.04. The van der Waals surface area contributed by atoms with Crippen LogP contribution in [0.5, 0.6) is 11.5 Å². The minimum atomic E-state index is -1.06. The van der Waals surface area contributed by atoms with Gasteiger partial charge in [-0.05, 0) is 60.2 Å². The number of hydrogen-bond acceptors (Lipinski definition) is 6. The summed E-state index contributed by atoms with van der Waals surface area (Å²) in [4.78, 5) is 29.0. The van der Waals surface area contributed by atoms with Gasteiger partial charge in [0, 0.05) is 22.3 Å². The number of thiazole rings is 1. The highest BCUT2D eigenvalue weighted by atomic mass is 35.5. The van der Waals surface area contributed by atoms with Gasteiger partial charge >= 0.3 is 5.97 Å². The topological polar surface area (TPSA) is 97.8 Å². The molecule has 1 aromatic heterocycles. The van der Waals surface area contributed by atoms with Crippen molar-refractivity contribution in [2.75, 3.05) is 12.4 Å². The van der Waals surface area contributed by atoms with Gasteiger partial charge in [-0.2, -0.15) is 0 Å². The van der Waals surface area contributed by atoms with Crippen LogP contribution in [0.3, 0.4) is 0 Å². The lowest BCUT2D eigenvalue weighted by atomic mass is 10.1. The summed E-state index contributed by atoms with van der Waals surface area (Å²) in [7, 11) is 1.56. The maximum absolute atomic E-state index is 12.5. The van der Waals surface area contributed by atoms with Crippen LogP contribution in [0.15, 0.2) is 72.9 Å². The van der Waals surface area contributed by atoms with Crippen molar-refractivity contribution in [3.63, 3.8) is 0 Å². The molecule has 2 N–H and O–H groups in total. The molecule has 1 heterocycles. The number of aromatic nitrogens is 1. The molecule has 3 aromatic carbocycles. The van der Waals surface area contributed by atoms with E-state index in [-0.39, 0.29) is 18.1 Å². The highest BCUT2D eigenvalue weighted by Gasteiger charge is 2.16. The number of carboxylic acids is 1. The SMILES string of the molecule is COc1ccc(C(=O)Nc2ncc(-c3ccc(C(=O)O)cc3OCc3cccc(Cl)c3)s2)cc1. The Morgan fingerprint density at radius 3 is 2.53 bits per heavy atom. The van der Waals surface area contributed by atoms with Crippen LogP contribution in [-0.2, 0) is 6.61 Å². The van der Waals surface area contributed by atoms with Gasteiger partial charge in [-0.25, -0.2) is 9.78 Å². The molecule has 0 spiro atoms. The van der Waals surface area contributed by atoms with Crippen molar-refractivity contribution in [3.8, 4) is 21.9 Å². The fourth-order valence-corrected chi connectivity index (χ4v) is 4.19. The molecule has 7 nitrogen and oxygen atoms in total. The number of hydrogen-bond donors (Lipinski definition) is 2. The van der Waals surface area contributed by atoms with Gasteiger partial charge in [0.1, 0.15) is 18.1 Å². The van der Waals surface area contributed by atoms with Crippen LogP contribution >= 0.6 is 22.9 Å². The van der Waals surface area contributed by atoms with E-state index >= 15 is 0 Å². The Balaban J connectivity index is 1.56. The number of amides is 1. The van der Waals surface area contributed by atoms with Gasteiger partial charge in [-0.3, -0.25) is 10.1 Å². The Bertz CT molecular complexity index is 1340. The van der Waals surface area contributed by atoms with Gasteiger partial charge in [0.2, 0.25) is 0 Å². The van der Waals surface area contributed by atoms with E-state index in [0.29, 0.717) is 37.7 Å². The first kappa shape index (κ1) is 23.3. The summed E-state index contributed by atoms with van der Waals surface area (Å²) in [5, 5.41) is 13.2. The normalized spacial score (nSPS) is 10.5. The predicted molar refractivity (Wildman–Crippen MR) is 131 cm³/mol. The second kappa shape index (κ2) is 10.4. The fourth-order valence-electron chi connectivity index (χ4n) is 3.13. The van der Waals surface area contributed by atoms with Gasteiger partial charge < -0.3 is 14.6 Å². The van der Waals surface area contributed by atoms with Crippen LogP contribution in [0.2, 0.25) is 5.02 Å². The second-order valence-corrected chi connectivity index (χ2v) is 8.61. The lowest BCUT2D eigenvalue weighted by Crippen LogP contribution is -2.11. The smallest absolute Gasteiger partial charge is 0.335 e. The van der Waals surface area contributed by atoms with E-state index in [1.807, 2.05) is 12.1 Å². The van der Waals surface area contributed by atoms with Crippen molar-refractivity contribution in [1.29, 1.82) is 0 Å². The van der Waals surface area contributed by atoms with Crippen LogP contribution in [0, 0.1) is 0 Å². The minimum absolute atomic E-state index is 0.0994. The van der Waals surface area contributed by atoms with Crippen LogP contribution in [0.1, 0.15) is 26.3 Å². The number of carbonyl (C=O) groups is 2. The number of aromatic carboxylic acids is 1. The highest BCUT2D eigenvalue weighted by molar-refractivity contribution is 7.19. The van der Waals surface area contributed by atoms with Crippen LogP contribution < -0.4 is 14.8 Å². The van der Waals surface area contributed by atoms with Gasteiger partial charge in [0.05, 0.1) is 17.6 Å². The van der Waals surface area contributed by atoms with E-state index in [2.05, 4.69) is 10.3 Å². The Kier molecular flexibility index (Phi) is 7.10. The average molecular weight is 495 g/mol. The van der Waals surface area contributed by atoms with E-state index in [1.54, 1.807) is 55.8 Å². The Labute approximate surface area is 204 Å². The molecule has 0 atom stereocenters.